The van der Waals surface area contributed by atoms with Crippen LogP contribution in [0.2, 0.25) is 0 Å². The minimum Gasteiger partial charge on any atom is -0.405 e. The van der Waals surface area contributed by atoms with Crippen LogP contribution in [0, 0.1) is 5.92 Å². The third kappa shape index (κ3) is 3.68. The van der Waals surface area contributed by atoms with Gasteiger partial charge in [0.1, 0.15) is 5.75 Å². The summed E-state index contributed by atoms with van der Waals surface area (Å²) < 4.78 is 41.4. The van der Waals surface area contributed by atoms with E-state index in [-0.39, 0.29) is 5.75 Å². The zero-order valence-electron chi connectivity index (χ0n) is 11.7. The van der Waals surface area contributed by atoms with Gasteiger partial charge in [-0.2, -0.15) is 0 Å². The second kappa shape index (κ2) is 5.85. The number of likely N-dealkylation sites (tertiary alicyclic amines) is 1. The Morgan fingerprint density at radius 2 is 2.05 bits per heavy atom. The van der Waals surface area contributed by atoms with Crippen LogP contribution in [0.5, 0.6) is 5.75 Å². The van der Waals surface area contributed by atoms with Crippen molar-refractivity contribution in [3.8, 4) is 5.75 Å². The fourth-order valence-electron chi connectivity index (χ4n) is 3.36. The standard InChI is InChI=1S/C15H19F3N2O/c16-15(17,18)21-14-6-2-1-4-12(14)9-20-8-11-5-3-7-19-13(11)10-20/h1-2,4,6,11,13,19H,3,5,7-10H2. The summed E-state index contributed by atoms with van der Waals surface area (Å²) in [6.45, 7) is 3.38. The second-order valence-corrected chi connectivity index (χ2v) is 5.81. The number of halogens is 3. The summed E-state index contributed by atoms with van der Waals surface area (Å²) in [5, 5.41) is 3.50. The van der Waals surface area contributed by atoms with Gasteiger partial charge in [0.2, 0.25) is 0 Å². The molecule has 0 saturated carbocycles. The Bertz CT molecular complexity index is 478. The number of para-hydroxylation sites is 1. The molecule has 0 radical (unpaired) electrons. The maximum absolute atomic E-state index is 12.4. The first-order valence-electron chi connectivity index (χ1n) is 7.31. The molecule has 3 nitrogen and oxygen atoms in total. The lowest BCUT2D eigenvalue weighted by Crippen LogP contribution is -2.40. The van der Waals surface area contributed by atoms with E-state index in [1.165, 1.54) is 18.9 Å². The van der Waals surface area contributed by atoms with Crippen molar-refractivity contribution < 1.29 is 17.9 Å². The molecule has 21 heavy (non-hydrogen) atoms. The number of fused-ring (bicyclic) bond motifs is 1. The molecule has 2 aliphatic rings. The monoisotopic (exact) mass is 300 g/mol. The quantitative estimate of drug-likeness (QED) is 0.929. The van der Waals surface area contributed by atoms with E-state index in [2.05, 4.69) is 15.0 Å². The van der Waals surface area contributed by atoms with Crippen LogP contribution < -0.4 is 10.1 Å². The summed E-state index contributed by atoms with van der Waals surface area (Å²) in [7, 11) is 0. The summed E-state index contributed by atoms with van der Waals surface area (Å²) in [6, 6.07) is 6.88. The van der Waals surface area contributed by atoms with E-state index in [0.717, 1.165) is 19.6 Å². The molecule has 3 rings (SSSR count). The SMILES string of the molecule is FC(F)(F)Oc1ccccc1CN1CC2CCCNC2C1. The maximum Gasteiger partial charge on any atom is 0.573 e. The zero-order valence-corrected chi connectivity index (χ0v) is 11.7. The molecule has 2 heterocycles. The summed E-state index contributed by atoms with van der Waals surface area (Å²) in [5.41, 5.74) is 0.591. The minimum atomic E-state index is -4.64. The minimum absolute atomic E-state index is 0.0900. The first-order valence-corrected chi connectivity index (χ1v) is 7.31. The summed E-state index contributed by atoms with van der Waals surface area (Å²) in [4.78, 5) is 2.21. The van der Waals surface area contributed by atoms with E-state index in [9.17, 15) is 13.2 Å². The van der Waals surface area contributed by atoms with Crippen molar-refractivity contribution in [2.45, 2.75) is 31.8 Å². The molecule has 6 heteroatoms. The van der Waals surface area contributed by atoms with E-state index < -0.39 is 6.36 Å². The van der Waals surface area contributed by atoms with Crippen molar-refractivity contribution in [2.24, 2.45) is 5.92 Å². The van der Waals surface area contributed by atoms with Crippen LogP contribution >= 0.6 is 0 Å². The number of hydrogen-bond acceptors (Lipinski definition) is 3. The Kier molecular flexibility index (Phi) is 4.08. The molecule has 2 atom stereocenters. The molecule has 1 aromatic carbocycles. The molecular formula is C15H19F3N2O. The molecule has 1 N–H and O–H groups in total. The molecule has 0 aliphatic carbocycles. The molecule has 1 aromatic rings. The number of nitrogens with one attached hydrogen (secondary N) is 1. The van der Waals surface area contributed by atoms with Crippen molar-refractivity contribution >= 4 is 0 Å². The van der Waals surface area contributed by atoms with Crippen LogP contribution in [0.4, 0.5) is 13.2 Å². The van der Waals surface area contributed by atoms with Crippen LogP contribution in [0.25, 0.3) is 0 Å². The van der Waals surface area contributed by atoms with Gasteiger partial charge in [-0.15, -0.1) is 13.2 Å². The average Bonchev–Trinajstić information content (AvgIpc) is 2.81. The molecule has 116 valence electrons. The Morgan fingerprint density at radius 3 is 2.81 bits per heavy atom. The van der Waals surface area contributed by atoms with Crippen molar-refractivity contribution in [3.63, 3.8) is 0 Å². The van der Waals surface area contributed by atoms with Gasteiger partial charge in [0.25, 0.3) is 0 Å². The molecule has 2 unspecified atom stereocenters. The van der Waals surface area contributed by atoms with Crippen LogP contribution in [-0.2, 0) is 6.54 Å². The molecular weight excluding hydrogens is 281 g/mol. The third-order valence-electron chi connectivity index (χ3n) is 4.27. The fraction of sp³-hybridized carbons (Fsp3) is 0.600. The first-order chi connectivity index (χ1) is 10.0. The Morgan fingerprint density at radius 1 is 1.24 bits per heavy atom. The molecule has 2 saturated heterocycles. The van der Waals surface area contributed by atoms with Gasteiger partial charge >= 0.3 is 6.36 Å². The number of benzene rings is 1. The number of nitrogens with zero attached hydrogens (tertiary/aromatic N) is 1. The number of ether oxygens (including phenoxy) is 1. The van der Waals surface area contributed by atoms with Crippen molar-refractivity contribution in [2.75, 3.05) is 19.6 Å². The molecule has 2 fully saturated rings. The van der Waals surface area contributed by atoms with Crippen LogP contribution in [-0.4, -0.2) is 36.9 Å². The smallest absolute Gasteiger partial charge is 0.405 e. The lowest BCUT2D eigenvalue weighted by Gasteiger charge is -2.24. The van der Waals surface area contributed by atoms with E-state index in [4.69, 9.17) is 0 Å². The Labute approximate surface area is 122 Å². The highest BCUT2D eigenvalue weighted by Crippen LogP contribution is 2.30. The molecule has 2 aliphatic heterocycles. The highest BCUT2D eigenvalue weighted by Gasteiger charge is 2.35. The highest BCUT2D eigenvalue weighted by atomic mass is 19.4. The van der Waals surface area contributed by atoms with Gasteiger partial charge in [-0.25, -0.2) is 0 Å². The third-order valence-corrected chi connectivity index (χ3v) is 4.27. The summed E-state index contributed by atoms with van der Waals surface area (Å²) in [5.74, 6) is 0.530. The number of rotatable bonds is 3. The van der Waals surface area contributed by atoms with Gasteiger partial charge in [-0.3, -0.25) is 4.90 Å². The maximum atomic E-state index is 12.4. The lowest BCUT2D eigenvalue weighted by molar-refractivity contribution is -0.275. The zero-order chi connectivity index (χ0) is 14.9. The summed E-state index contributed by atoms with van der Waals surface area (Å²) in [6.07, 6.45) is -2.26. The highest BCUT2D eigenvalue weighted by molar-refractivity contribution is 5.33. The molecule has 0 spiro atoms. The van der Waals surface area contributed by atoms with E-state index in [1.807, 2.05) is 0 Å². The van der Waals surface area contributed by atoms with Crippen LogP contribution in [0.15, 0.2) is 24.3 Å². The predicted octanol–water partition coefficient (Wildman–Crippen LogP) is 2.77. The van der Waals surface area contributed by atoms with E-state index in [1.54, 1.807) is 18.2 Å². The topological polar surface area (TPSA) is 24.5 Å². The van der Waals surface area contributed by atoms with Crippen molar-refractivity contribution in [1.82, 2.24) is 10.2 Å². The number of piperidine rings is 1. The number of hydrogen-bond donors (Lipinski definition) is 1. The predicted molar refractivity (Wildman–Crippen MR) is 72.9 cm³/mol. The average molecular weight is 300 g/mol. The van der Waals surface area contributed by atoms with Gasteiger partial charge in [-0.1, -0.05) is 18.2 Å². The van der Waals surface area contributed by atoms with Gasteiger partial charge in [-0.05, 0) is 31.4 Å². The van der Waals surface area contributed by atoms with Crippen LogP contribution in [0.3, 0.4) is 0 Å². The van der Waals surface area contributed by atoms with Gasteiger partial charge in [0.05, 0.1) is 0 Å². The van der Waals surface area contributed by atoms with E-state index in [0.29, 0.717) is 24.1 Å². The van der Waals surface area contributed by atoms with E-state index >= 15 is 0 Å². The van der Waals surface area contributed by atoms with Crippen molar-refractivity contribution in [3.05, 3.63) is 29.8 Å². The largest absolute Gasteiger partial charge is 0.573 e. The molecule has 0 amide bonds. The van der Waals surface area contributed by atoms with Gasteiger partial charge in [0, 0.05) is 31.2 Å². The van der Waals surface area contributed by atoms with Crippen LogP contribution in [0.1, 0.15) is 18.4 Å². The summed E-state index contributed by atoms with van der Waals surface area (Å²) >= 11 is 0. The normalized spacial score (nSPS) is 26.6. The van der Waals surface area contributed by atoms with Gasteiger partial charge < -0.3 is 10.1 Å². The number of alkyl halides is 3. The Hall–Kier alpha value is -1.27. The van der Waals surface area contributed by atoms with Crippen molar-refractivity contribution in [1.29, 1.82) is 0 Å². The molecule has 0 bridgehead atoms. The lowest BCUT2D eigenvalue weighted by atomic mass is 9.94. The fourth-order valence-corrected chi connectivity index (χ4v) is 3.36. The van der Waals surface area contributed by atoms with Gasteiger partial charge in [0.15, 0.2) is 0 Å². The second-order valence-electron chi connectivity index (χ2n) is 5.81. The first kappa shape index (κ1) is 14.7. The Balaban J connectivity index is 1.68. The molecule has 0 aromatic heterocycles.